The third-order valence-corrected chi connectivity index (χ3v) is 4.38. The SMILES string of the molecule is C[C@H](c1ccc(Cl)cc1)[C@@H](C)N(C)C(=O)c1ccc(CN)o1. The van der Waals surface area contributed by atoms with Crippen molar-refractivity contribution in [3.63, 3.8) is 0 Å². The van der Waals surface area contributed by atoms with Gasteiger partial charge >= 0.3 is 0 Å². The van der Waals surface area contributed by atoms with E-state index in [0.717, 1.165) is 5.56 Å². The average molecular weight is 321 g/mol. The molecule has 0 aliphatic rings. The van der Waals surface area contributed by atoms with Crippen LogP contribution in [0.3, 0.4) is 0 Å². The van der Waals surface area contributed by atoms with E-state index in [1.165, 1.54) is 0 Å². The van der Waals surface area contributed by atoms with Gasteiger partial charge < -0.3 is 15.1 Å². The van der Waals surface area contributed by atoms with Gasteiger partial charge in [-0.15, -0.1) is 0 Å². The van der Waals surface area contributed by atoms with Crippen LogP contribution in [0.5, 0.6) is 0 Å². The van der Waals surface area contributed by atoms with Crippen molar-refractivity contribution < 1.29 is 9.21 Å². The third kappa shape index (κ3) is 3.51. The Morgan fingerprint density at radius 1 is 1.23 bits per heavy atom. The van der Waals surface area contributed by atoms with Crippen LogP contribution in [-0.2, 0) is 6.54 Å². The topological polar surface area (TPSA) is 59.5 Å². The van der Waals surface area contributed by atoms with E-state index in [0.29, 0.717) is 16.5 Å². The van der Waals surface area contributed by atoms with Crippen LogP contribution in [0.25, 0.3) is 0 Å². The Labute approximate surface area is 135 Å². The number of nitrogens with two attached hydrogens (primary N) is 1. The zero-order valence-electron chi connectivity index (χ0n) is 13.0. The monoisotopic (exact) mass is 320 g/mol. The molecular weight excluding hydrogens is 300 g/mol. The molecule has 1 amide bonds. The summed E-state index contributed by atoms with van der Waals surface area (Å²) in [5, 5.41) is 0.706. The zero-order valence-corrected chi connectivity index (χ0v) is 13.8. The normalized spacial score (nSPS) is 13.7. The molecule has 0 aliphatic heterocycles. The molecule has 2 atom stereocenters. The molecule has 1 aromatic carbocycles. The molecule has 0 bridgehead atoms. The number of hydrogen-bond acceptors (Lipinski definition) is 3. The number of furan rings is 1. The molecule has 1 heterocycles. The number of benzene rings is 1. The van der Waals surface area contributed by atoms with Crippen molar-refractivity contribution in [3.05, 3.63) is 58.5 Å². The Hall–Kier alpha value is -1.78. The minimum absolute atomic E-state index is 0.0140. The van der Waals surface area contributed by atoms with Crippen molar-refractivity contribution in [1.82, 2.24) is 4.90 Å². The van der Waals surface area contributed by atoms with Gasteiger partial charge in [-0.05, 0) is 36.8 Å². The lowest BCUT2D eigenvalue weighted by atomic mass is 9.93. The Morgan fingerprint density at radius 3 is 2.41 bits per heavy atom. The van der Waals surface area contributed by atoms with Crippen molar-refractivity contribution in [2.45, 2.75) is 32.4 Å². The summed E-state index contributed by atoms with van der Waals surface area (Å²) in [5.74, 6) is 0.955. The van der Waals surface area contributed by atoms with Crippen LogP contribution in [0.15, 0.2) is 40.8 Å². The number of halogens is 1. The number of likely N-dealkylation sites (N-methyl/N-ethyl adjacent to an activating group) is 1. The lowest BCUT2D eigenvalue weighted by molar-refractivity contribution is 0.0692. The van der Waals surface area contributed by atoms with Crippen molar-refractivity contribution >= 4 is 17.5 Å². The van der Waals surface area contributed by atoms with Gasteiger partial charge in [0.15, 0.2) is 5.76 Å². The summed E-state index contributed by atoms with van der Waals surface area (Å²) in [6.45, 7) is 4.39. The van der Waals surface area contributed by atoms with Crippen LogP contribution in [0, 0.1) is 0 Å². The maximum atomic E-state index is 12.5. The van der Waals surface area contributed by atoms with Crippen LogP contribution in [0.2, 0.25) is 5.02 Å². The zero-order chi connectivity index (χ0) is 16.3. The van der Waals surface area contributed by atoms with Crippen LogP contribution >= 0.6 is 11.6 Å². The number of amides is 1. The predicted molar refractivity (Wildman–Crippen MR) is 88.0 cm³/mol. The van der Waals surface area contributed by atoms with Crippen LogP contribution in [0.1, 0.15) is 41.6 Å². The number of hydrogen-bond donors (Lipinski definition) is 1. The molecular formula is C17H21ClN2O2. The van der Waals surface area contributed by atoms with E-state index >= 15 is 0 Å². The second-order valence-electron chi connectivity index (χ2n) is 5.47. The van der Waals surface area contributed by atoms with Crippen molar-refractivity contribution in [2.24, 2.45) is 5.73 Å². The van der Waals surface area contributed by atoms with Gasteiger partial charge in [0.1, 0.15) is 5.76 Å². The summed E-state index contributed by atoms with van der Waals surface area (Å²) < 4.78 is 5.43. The van der Waals surface area contributed by atoms with Gasteiger partial charge in [-0.3, -0.25) is 4.79 Å². The summed E-state index contributed by atoms with van der Waals surface area (Å²) in [6.07, 6.45) is 0. The maximum Gasteiger partial charge on any atom is 0.289 e. The molecule has 0 spiro atoms. The number of carbonyl (C=O) groups is 1. The van der Waals surface area contributed by atoms with Gasteiger partial charge in [-0.1, -0.05) is 30.7 Å². The average Bonchev–Trinajstić information content (AvgIpc) is 3.01. The number of nitrogens with zero attached hydrogens (tertiary/aromatic N) is 1. The molecule has 0 saturated heterocycles. The van der Waals surface area contributed by atoms with E-state index < -0.39 is 0 Å². The quantitative estimate of drug-likeness (QED) is 0.914. The molecule has 2 N–H and O–H groups in total. The highest BCUT2D eigenvalue weighted by Gasteiger charge is 2.25. The lowest BCUT2D eigenvalue weighted by Gasteiger charge is -2.29. The predicted octanol–water partition coefficient (Wildman–Crippen LogP) is 3.66. The first-order chi connectivity index (χ1) is 10.4. The molecule has 2 aromatic rings. The smallest absolute Gasteiger partial charge is 0.289 e. The largest absolute Gasteiger partial charge is 0.455 e. The summed E-state index contributed by atoms with van der Waals surface area (Å²) in [7, 11) is 1.78. The molecule has 0 radical (unpaired) electrons. The van der Waals surface area contributed by atoms with Gasteiger partial charge in [-0.2, -0.15) is 0 Å². The first-order valence-electron chi connectivity index (χ1n) is 7.25. The van der Waals surface area contributed by atoms with Crippen LogP contribution < -0.4 is 5.73 Å². The lowest BCUT2D eigenvalue weighted by Crippen LogP contribution is -2.38. The van der Waals surface area contributed by atoms with Crippen molar-refractivity contribution in [1.29, 1.82) is 0 Å². The fraction of sp³-hybridized carbons (Fsp3) is 0.353. The van der Waals surface area contributed by atoms with Crippen LogP contribution in [-0.4, -0.2) is 23.9 Å². The summed E-state index contributed by atoms with van der Waals surface area (Å²) in [5.41, 5.74) is 6.64. The van der Waals surface area contributed by atoms with Gasteiger partial charge in [-0.25, -0.2) is 0 Å². The van der Waals surface area contributed by atoms with Crippen molar-refractivity contribution in [3.8, 4) is 0 Å². The Balaban J connectivity index is 2.11. The third-order valence-electron chi connectivity index (χ3n) is 4.12. The summed E-state index contributed by atoms with van der Waals surface area (Å²) in [6, 6.07) is 11.1. The standard InChI is InChI=1S/C17H21ClN2O2/c1-11(13-4-6-14(18)7-5-13)12(2)20(3)17(21)16-9-8-15(10-19)22-16/h4-9,11-12H,10,19H2,1-3H3/t11-,12+/m0/s1. The van der Waals surface area contributed by atoms with E-state index in [2.05, 4.69) is 6.92 Å². The van der Waals surface area contributed by atoms with E-state index in [1.54, 1.807) is 24.1 Å². The fourth-order valence-corrected chi connectivity index (χ4v) is 2.47. The van der Waals surface area contributed by atoms with Gasteiger partial charge in [0.05, 0.1) is 6.54 Å². The molecule has 0 saturated carbocycles. The van der Waals surface area contributed by atoms with Crippen LogP contribution in [0.4, 0.5) is 0 Å². The fourth-order valence-electron chi connectivity index (χ4n) is 2.34. The second kappa shape index (κ2) is 6.99. The molecule has 4 nitrogen and oxygen atoms in total. The summed E-state index contributed by atoms with van der Waals surface area (Å²) >= 11 is 5.92. The first-order valence-corrected chi connectivity index (χ1v) is 7.63. The molecule has 0 fully saturated rings. The number of carbonyl (C=O) groups excluding carboxylic acids is 1. The highest BCUT2D eigenvalue weighted by Crippen LogP contribution is 2.25. The first kappa shape index (κ1) is 16.6. The maximum absolute atomic E-state index is 12.5. The minimum Gasteiger partial charge on any atom is -0.455 e. The Morgan fingerprint density at radius 2 is 1.86 bits per heavy atom. The Kier molecular flexibility index (Phi) is 5.27. The van der Waals surface area contributed by atoms with E-state index in [-0.39, 0.29) is 24.4 Å². The molecule has 5 heteroatoms. The van der Waals surface area contributed by atoms with Gasteiger partial charge in [0.2, 0.25) is 0 Å². The Bertz CT molecular complexity index is 636. The molecule has 1 aromatic heterocycles. The highest BCUT2D eigenvalue weighted by atomic mass is 35.5. The number of rotatable bonds is 5. The molecule has 118 valence electrons. The minimum atomic E-state index is -0.145. The van der Waals surface area contributed by atoms with Gasteiger partial charge in [0, 0.05) is 24.0 Å². The van der Waals surface area contributed by atoms with Gasteiger partial charge in [0.25, 0.3) is 5.91 Å². The molecule has 2 rings (SSSR count). The van der Waals surface area contributed by atoms with E-state index in [1.807, 2.05) is 31.2 Å². The highest BCUT2D eigenvalue weighted by molar-refractivity contribution is 6.30. The van der Waals surface area contributed by atoms with E-state index in [9.17, 15) is 4.79 Å². The molecule has 0 aliphatic carbocycles. The van der Waals surface area contributed by atoms with Crippen molar-refractivity contribution in [2.75, 3.05) is 7.05 Å². The molecule has 22 heavy (non-hydrogen) atoms. The summed E-state index contributed by atoms with van der Waals surface area (Å²) in [4.78, 5) is 14.2. The van der Waals surface area contributed by atoms with E-state index in [4.69, 9.17) is 21.8 Å². The molecule has 0 unspecified atom stereocenters. The second-order valence-corrected chi connectivity index (χ2v) is 5.90.